The van der Waals surface area contributed by atoms with Crippen molar-refractivity contribution in [2.24, 2.45) is 4.99 Å². The first-order valence-corrected chi connectivity index (χ1v) is 11.3. The molecule has 2 fully saturated rings. The molecule has 2 aliphatic heterocycles. The van der Waals surface area contributed by atoms with Gasteiger partial charge in [0.1, 0.15) is 0 Å². The van der Waals surface area contributed by atoms with Crippen LogP contribution in [0, 0.1) is 0 Å². The number of piperazine rings is 1. The Labute approximate surface area is 203 Å². The summed E-state index contributed by atoms with van der Waals surface area (Å²) in [5.74, 6) is 1.03. The summed E-state index contributed by atoms with van der Waals surface area (Å²) in [6, 6.07) is 8.15. The normalized spacial score (nSPS) is 18.9. The van der Waals surface area contributed by atoms with Gasteiger partial charge >= 0.3 is 0 Å². The van der Waals surface area contributed by atoms with Gasteiger partial charge in [-0.25, -0.2) is 0 Å². The summed E-state index contributed by atoms with van der Waals surface area (Å²) >= 11 is 6.11. The van der Waals surface area contributed by atoms with Gasteiger partial charge in [0.15, 0.2) is 5.96 Å². The number of ether oxygens (including phenoxy) is 2. The minimum Gasteiger partial charge on any atom is -0.381 e. The van der Waals surface area contributed by atoms with Crippen LogP contribution >= 0.6 is 35.6 Å². The van der Waals surface area contributed by atoms with Gasteiger partial charge in [-0.3, -0.25) is 9.89 Å². The first kappa shape index (κ1) is 25.6. The smallest absolute Gasteiger partial charge is 0.194 e. The second-order valence-corrected chi connectivity index (χ2v) is 8.10. The van der Waals surface area contributed by atoms with E-state index in [0.717, 1.165) is 95.9 Å². The van der Waals surface area contributed by atoms with E-state index < -0.39 is 0 Å². The number of benzene rings is 1. The number of nitrogens with one attached hydrogen (secondary N) is 1. The van der Waals surface area contributed by atoms with E-state index in [2.05, 4.69) is 34.2 Å². The molecule has 170 valence electrons. The van der Waals surface area contributed by atoms with Crippen LogP contribution in [-0.4, -0.2) is 81.0 Å². The highest BCUT2D eigenvalue weighted by Gasteiger charge is 2.19. The fourth-order valence-corrected chi connectivity index (χ4v) is 3.99. The molecule has 1 aromatic rings. The molecule has 0 amide bonds. The van der Waals surface area contributed by atoms with Crippen molar-refractivity contribution in [3.63, 3.8) is 0 Å². The van der Waals surface area contributed by atoms with Crippen molar-refractivity contribution >= 4 is 41.5 Å². The topological polar surface area (TPSA) is 49.3 Å². The monoisotopic (exact) mass is 550 g/mol. The van der Waals surface area contributed by atoms with Crippen molar-refractivity contribution in [1.29, 1.82) is 0 Å². The van der Waals surface area contributed by atoms with Crippen molar-refractivity contribution in [1.82, 2.24) is 15.1 Å². The van der Waals surface area contributed by atoms with Gasteiger partial charge in [0, 0.05) is 70.7 Å². The minimum absolute atomic E-state index is 0. The molecule has 3 rings (SSSR count). The van der Waals surface area contributed by atoms with Crippen LogP contribution in [0.15, 0.2) is 29.3 Å². The first-order valence-electron chi connectivity index (χ1n) is 10.9. The van der Waals surface area contributed by atoms with Crippen molar-refractivity contribution in [3.05, 3.63) is 34.9 Å². The summed E-state index contributed by atoms with van der Waals surface area (Å²) in [5.41, 5.74) is 1.27. The molecule has 0 bridgehead atoms. The summed E-state index contributed by atoms with van der Waals surface area (Å²) in [6.07, 6.45) is 3.37. The van der Waals surface area contributed by atoms with Gasteiger partial charge in [-0.05, 0) is 43.9 Å². The Hall–Kier alpha value is -0.610. The van der Waals surface area contributed by atoms with Crippen LogP contribution in [0.25, 0.3) is 0 Å². The predicted molar refractivity (Wildman–Crippen MR) is 134 cm³/mol. The van der Waals surface area contributed by atoms with Crippen LogP contribution in [0.3, 0.4) is 0 Å². The molecule has 0 aromatic heterocycles. The van der Waals surface area contributed by atoms with Crippen molar-refractivity contribution in [2.75, 3.05) is 59.1 Å². The van der Waals surface area contributed by atoms with E-state index in [1.165, 1.54) is 5.56 Å². The summed E-state index contributed by atoms with van der Waals surface area (Å²) in [7, 11) is 0. The van der Waals surface area contributed by atoms with E-state index in [9.17, 15) is 0 Å². The number of halogens is 2. The van der Waals surface area contributed by atoms with Crippen LogP contribution in [0.4, 0.5) is 0 Å². The molecule has 0 saturated carbocycles. The van der Waals surface area contributed by atoms with Gasteiger partial charge in [-0.2, -0.15) is 0 Å². The van der Waals surface area contributed by atoms with Gasteiger partial charge in [0.05, 0.1) is 6.10 Å². The van der Waals surface area contributed by atoms with E-state index in [-0.39, 0.29) is 24.0 Å². The zero-order valence-corrected chi connectivity index (χ0v) is 21.1. The maximum absolute atomic E-state index is 6.11. The maximum atomic E-state index is 6.11. The lowest BCUT2D eigenvalue weighted by molar-refractivity contribution is -0.0318. The fraction of sp³-hybridized carbons (Fsp3) is 0.682. The number of guanidine groups is 1. The summed E-state index contributed by atoms with van der Waals surface area (Å²) < 4.78 is 11.3. The third kappa shape index (κ3) is 8.86. The molecule has 2 saturated heterocycles. The Morgan fingerprint density at radius 1 is 1.23 bits per heavy atom. The zero-order chi connectivity index (χ0) is 20.3. The Kier molecular flexibility index (Phi) is 12.4. The van der Waals surface area contributed by atoms with Crippen molar-refractivity contribution in [3.8, 4) is 0 Å². The third-order valence-corrected chi connectivity index (χ3v) is 5.62. The maximum Gasteiger partial charge on any atom is 0.194 e. The van der Waals surface area contributed by atoms with Crippen LogP contribution in [0.1, 0.15) is 31.7 Å². The van der Waals surface area contributed by atoms with E-state index in [1.54, 1.807) is 0 Å². The molecule has 0 aliphatic carbocycles. The number of hydrogen-bond donors (Lipinski definition) is 1. The number of rotatable bonds is 8. The molecule has 6 nitrogen and oxygen atoms in total. The highest BCUT2D eigenvalue weighted by molar-refractivity contribution is 14.0. The molecule has 0 spiro atoms. The SMILES string of the molecule is CCNC(=NCCCOC1CCOCC1)N1CCN(Cc2cccc(Cl)c2)CC1.I. The molecule has 1 N–H and O–H groups in total. The average molecular weight is 551 g/mol. The lowest BCUT2D eigenvalue weighted by Crippen LogP contribution is -2.52. The molecule has 0 atom stereocenters. The Balaban J connectivity index is 0.00000320. The van der Waals surface area contributed by atoms with Crippen molar-refractivity contribution < 1.29 is 9.47 Å². The molecule has 30 heavy (non-hydrogen) atoms. The molecule has 8 heteroatoms. The average Bonchev–Trinajstić information content (AvgIpc) is 2.74. The van der Waals surface area contributed by atoms with Gasteiger partial charge in [-0.1, -0.05) is 23.7 Å². The highest BCUT2D eigenvalue weighted by Crippen LogP contribution is 2.14. The minimum atomic E-state index is 0. The van der Waals surface area contributed by atoms with E-state index >= 15 is 0 Å². The summed E-state index contributed by atoms with van der Waals surface area (Å²) in [5, 5.41) is 4.26. The molecule has 2 heterocycles. The summed E-state index contributed by atoms with van der Waals surface area (Å²) in [6.45, 7) is 11.2. The third-order valence-electron chi connectivity index (χ3n) is 5.39. The molecule has 0 unspecified atom stereocenters. The Bertz CT molecular complexity index is 635. The predicted octanol–water partition coefficient (Wildman–Crippen LogP) is 3.63. The van der Waals surface area contributed by atoms with E-state index in [4.69, 9.17) is 26.1 Å². The van der Waals surface area contributed by atoms with E-state index in [0.29, 0.717) is 6.10 Å². The zero-order valence-electron chi connectivity index (χ0n) is 18.0. The van der Waals surface area contributed by atoms with Gasteiger partial charge in [0.25, 0.3) is 0 Å². The number of hydrogen-bond acceptors (Lipinski definition) is 4. The lowest BCUT2D eigenvalue weighted by atomic mass is 10.1. The Morgan fingerprint density at radius 2 is 2.00 bits per heavy atom. The van der Waals surface area contributed by atoms with Crippen LogP contribution in [0.5, 0.6) is 0 Å². The van der Waals surface area contributed by atoms with Crippen LogP contribution in [0.2, 0.25) is 5.02 Å². The van der Waals surface area contributed by atoms with Crippen molar-refractivity contribution in [2.45, 2.75) is 38.8 Å². The quantitative estimate of drug-likeness (QED) is 0.232. The molecular weight excluding hydrogens is 515 g/mol. The second kappa shape index (κ2) is 14.5. The largest absolute Gasteiger partial charge is 0.381 e. The molecule has 2 aliphatic rings. The highest BCUT2D eigenvalue weighted by atomic mass is 127. The second-order valence-electron chi connectivity index (χ2n) is 7.66. The lowest BCUT2D eigenvalue weighted by Gasteiger charge is -2.36. The first-order chi connectivity index (χ1) is 14.2. The number of nitrogens with zero attached hydrogens (tertiary/aromatic N) is 3. The molecular formula is C22H36ClIN4O2. The number of aliphatic imine (C=N–C) groups is 1. The van der Waals surface area contributed by atoms with Gasteiger partial charge < -0.3 is 19.7 Å². The van der Waals surface area contributed by atoms with E-state index in [1.807, 2.05) is 12.1 Å². The van der Waals surface area contributed by atoms with Crippen LogP contribution in [-0.2, 0) is 16.0 Å². The van der Waals surface area contributed by atoms with Gasteiger partial charge in [-0.15, -0.1) is 24.0 Å². The molecule has 0 radical (unpaired) electrons. The summed E-state index contributed by atoms with van der Waals surface area (Å²) in [4.78, 5) is 9.68. The fourth-order valence-electron chi connectivity index (χ4n) is 3.78. The molecule has 1 aromatic carbocycles. The van der Waals surface area contributed by atoms with Crippen LogP contribution < -0.4 is 5.32 Å². The Morgan fingerprint density at radius 3 is 2.70 bits per heavy atom. The standard InChI is InChI=1S/C22H35ClN4O2.HI/c1-2-24-22(25-9-4-14-29-21-7-15-28-16-8-21)27-12-10-26(11-13-27)18-19-5-3-6-20(23)17-19;/h3,5-6,17,21H,2,4,7-16,18H2,1H3,(H,24,25);1H. The van der Waals surface area contributed by atoms with Gasteiger partial charge in [0.2, 0.25) is 0 Å².